The Labute approximate surface area is 192 Å². The highest BCUT2D eigenvalue weighted by molar-refractivity contribution is 6.34. The fraction of sp³-hybridized carbons (Fsp3) is 0.318. The van der Waals surface area contributed by atoms with Crippen LogP contribution in [-0.4, -0.2) is 47.3 Å². The van der Waals surface area contributed by atoms with Crippen molar-refractivity contribution >= 4 is 40.8 Å². The molecule has 3 rings (SSSR count). The molecular weight excluding hydrogens is 465 g/mol. The van der Waals surface area contributed by atoms with Crippen LogP contribution in [0.1, 0.15) is 40.5 Å². The van der Waals surface area contributed by atoms with Gasteiger partial charge in [0.2, 0.25) is 0 Å². The van der Waals surface area contributed by atoms with Gasteiger partial charge in [0.05, 0.1) is 21.8 Å². The molecule has 0 unspecified atom stereocenters. The molecule has 1 aliphatic heterocycles. The van der Waals surface area contributed by atoms with Crippen molar-refractivity contribution in [1.29, 1.82) is 0 Å². The highest BCUT2D eigenvalue weighted by atomic mass is 35.5. The third kappa shape index (κ3) is 7.38. The Morgan fingerprint density at radius 1 is 1.03 bits per heavy atom. The maximum Gasteiger partial charge on any atom is 0.490 e. The number of nitrogens with zero attached hydrogens (tertiary/aromatic N) is 1. The monoisotopic (exact) mass is 486 g/mol. The second-order valence-electron chi connectivity index (χ2n) is 7.44. The van der Waals surface area contributed by atoms with Gasteiger partial charge in [-0.3, -0.25) is 4.79 Å². The van der Waals surface area contributed by atoms with Crippen LogP contribution in [-0.2, 0) is 4.79 Å². The van der Waals surface area contributed by atoms with E-state index in [1.54, 1.807) is 36.4 Å². The van der Waals surface area contributed by atoms with Gasteiger partial charge in [-0.25, -0.2) is 9.59 Å². The summed E-state index contributed by atoms with van der Waals surface area (Å²) in [5.41, 5.74) is 1.50. The minimum Gasteiger partial charge on any atom is -0.478 e. The topological polar surface area (TPSA) is 107 Å². The summed E-state index contributed by atoms with van der Waals surface area (Å²) in [5.74, 6) is -3.57. The number of benzene rings is 2. The number of hydrogen-bond donors (Lipinski definition) is 3. The van der Waals surface area contributed by atoms with Gasteiger partial charge in [0.25, 0.3) is 5.91 Å². The fourth-order valence-electron chi connectivity index (χ4n) is 3.12. The Balaban J connectivity index is 0.000000479. The molecule has 1 aliphatic rings. The lowest BCUT2D eigenvalue weighted by Crippen LogP contribution is -2.32. The lowest BCUT2D eigenvalue weighted by atomic mass is 9.98. The number of alkyl halides is 3. The maximum absolute atomic E-state index is 12.4. The van der Waals surface area contributed by atoms with Crippen LogP contribution in [0.15, 0.2) is 42.5 Å². The van der Waals surface area contributed by atoms with Crippen molar-refractivity contribution in [3.8, 4) is 0 Å². The van der Waals surface area contributed by atoms with Crippen LogP contribution in [0.3, 0.4) is 0 Å². The number of carbonyl (C=O) groups excluding carboxylic acids is 1. The number of piperidine rings is 1. The molecule has 0 spiro atoms. The zero-order valence-electron chi connectivity index (χ0n) is 17.5. The van der Waals surface area contributed by atoms with Gasteiger partial charge in [-0.2, -0.15) is 13.2 Å². The van der Waals surface area contributed by atoms with Crippen LogP contribution in [0.4, 0.5) is 24.5 Å². The highest BCUT2D eigenvalue weighted by Gasteiger charge is 2.38. The molecule has 0 aromatic heterocycles. The van der Waals surface area contributed by atoms with Gasteiger partial charge >= 0.3 is 18.1 Å². The first-order valence-corrected chi connectivity index (χ1v) is 10.3. The molecule has 2 aromatic rings. The van der Waals surface area contributed by atoms with E-state index >= 15 is 0 Å². The van der Waals surface area contributed by atoms with Gasteiger partial charge < -0.3 is 20.4 Å². The number of hydrogen-bond acceptors (Lipinski definition) is 4. The van der Waals surface area contributed by atoms with Crippen molar-refractivity contribution in [2.45, 2.75) is 25.9 Å². The average Bonchev–Trinajstić information content (AvgIpc) is 2.74. The van der Waals surface area contributed by atoms with E-state index in [9.17, 15) is 27.9 Å². The largest absolute Gasteiger partial charge is 0.490 e. The zero-order valence-corrected chi connectivity index (χ0v) is 18.3. The molecule has 7 nitrogen and oxygen atoms in total. The number of halogens is 4. The van der Waals surface area contributed by atoms with Gasteiger partial charge in [0.1, 0.15) is 0 Å². The van der Waals surface area contributed by atoms with Crippen molar-refractivity contribution < 1.29 is 37.8 Å². The third-order valence-electron chi connectivity index (χ3n) is 4.99. The summed E-state index contributed by atoms with van der Waals surface area (Å²) in [6.07, 6.45) is -2.90. The third-order valence-corrected chi connectivity index (χ3v) is 5.32. The van der Waals surface area contributed by atoms with Crippen LogP contribution in [0.2, 0.25) is 5.02 Å². The number of carboxylic acid groups (broad SMARTS) is 2. The Bertz CT molecular complexity index is 1020. The molecule has 0 aliphatic carbocycles. The summed E-state index contributed by atoms with van der Waals surface area (Å²) in [4.78, 5) is 35.2. The van der Waals surface area contributed by atoms with E-state index in [2.05, 4.69) is 17.1 Å². The van der Waals surface area contributed by atoms with Crippen LogP contribution in [0.5, 0.6) is 0 Å². The first kappa shape index (κ1) is 26.0. The van der Waals surface area contributed by atoms with Crippen molar-refractivity contribution in [2.24, 2.45) is 5.92 Å². The number of nitrogens with one attached hydrogen (secondary N) is 1. The molecule has 1 amide bonds. The number of amides is 1. The minimum atomic E-state index is -5.08. The molecule has 33 heavy (non-hydrogen) atoms. The normalized spacial score (nSPS) is 14.2. The molecule has 0 bridgehead atoms. The van der Waals surface area contributed by atoms with Gasteiger partial charge in [-0.1, -0.05) is 30.7 Å². The molecule has 1 saturated heterocycles. The fourth-order valence-corrected chi connectivity index (χ4v) is 3.34. The van der Waals surface area contributed by atoms with Crippen LogP contribution in [0.25, 0.3) is 0 Å². The first-order chi connectivity index (χ1) is 15.4. The van der Waals surface area contributed by atoms with E-state index in [4.69, 9.17) is 21.5 Å². The van der Waals surface area contributed by atoms with Gasteiger partial charge in [-0.15, -0.1) is 0 Å². The van der Waals surface area contributed by atoms with Crippen molar-refractivity contribution in [2.75, 3.05) is 23.3 Å². The van der Waals surface area contributed by atoms with Crippen LogP contribution < -0.4 is 10.2 Å². The average molecular weight is 487 g/mol. The van der Waals surface area contributed by atoms with E-state index in [1.165, 1.54) is 0 Å². The van der Waals surface area contributed by atoms with Crippen molar-refractivity contribution in [1.82, 2.24) is 0 Å². The Morgan fingerprint density at radius 2 is 1.61 bits per heavy atom. The number of anilines is 2. The van der Waals surface area contributed by atoms with Crippen LogP contribution >= 0.6 is 11.6 Å². The molecule has 0 atom stereocenters. The summed E-state index contributed by atoms with van der Waals surface area (Å²) in [6, 6.07) is 11.8. The predicted molar refractivity (Wildman–Crippen MR) is 117 cm³/mol. The summed E-state index contributed by atoms with van der Waals surface area (Å²) < 4.78 is 31.7. The SMILES string of the molecule is CC1CCN(c2ccc(NC(=O)c3ccccc3Cl)c(C(=O)O)c2)CC1.O=C(O)C(F)(F)F. The quantitative estimate of drug-likeness (QED) is 0.551. The van der Waals surface area contributed by atoms with Crippen molar-refractivity contribution in [3.05, 3.63) is 58.6 Å². The van der Waals surface area contributed by atoms with Crippen molar-refractivity contribution in [3.63, 3.8) is 0 Å². The number of aromatic carboxylic acids is 1. The minimum absolute atomic E-state index is 0.0709. The van der Waals surface area contributed by atoms with Gasteiger partial charge in [-0.05, 0) is 49.1 Å². The summed E-state index contributed by atoms with van der Waals surface area (Å²) in [7, 11) is 0. The summed E-state index contributed by atoms with van der Waals surface area (Å²) in [5, 5.41) is 19.7. The number of carboxylic acids is 2. The zero-order chi connectivity index (χ0) is 24.8. The van der Waals surface area contributed by atoms with E-state index < -0.39 is 24.0 Å². The van der Waals surface area contributed by atoms with E-state index in [1.807, 2.05) is 6.07 Å². The maximum atomic E-state index is 12.4. The Hall–Kier alpha value is -3.27. The molecule has 2 aromatic carbocycles. The lowest BCUT2D eigenvalue weighted by molar-refractivity contribution is -0.192. The van der Waals surface area contributed by atoms with E-state index in [0.29, 0.717) is 16.5 Å². The second kappa shape index (κ2) is 11.0. The predicted octanol–water partition coefficient (Wildman–Crippen LogP) is 5.16. The number of rotatable bonds is 4. The second-order valence-corrected chi connectivity index (χ2v) is 7.85. The number of aliphatic carboxylic acids is 1. The molecule has 1 heterocycles. The first-order valence-electron chi connectivity index (χ1n) is 9.88. The lowest BCUT2D eigenvalue weighted by Gasteiger charge is -2.32. The number of carbonyl (C=O) groups is 3. The molecule has 3 N–H and O–H groups in total. The summed E-state index contributed by atoms with van der Waals surface area (Å²) >= 11 is 6.04. The molecule has 0 radical (unpaired) electrons. The standard InChI is InChI=1S/C20H21ClN2O3.C2HF3O2/c1-13-8-10-23(11-9-13)14-6-7-18(16(12-14)20(25)26)22-19(24)15-4-2-3-5-17(15)21;3-2(4,5)1(6)7/h2-7,12-13H,8-11H2,1H3,(H,22,24)(H,25,26);(H,6,7). The van der Waals surface area contributed by atoms with Crippen LogP contribution in [0, 0.1) is 5.92 Å². The van der Waals surface area contributed by atoms with Gasteiger partial charge in [0, 0.05) is 18.8 Å². The molecular formula is C22H22ClF3N2O5. The Kier molecular flexibility index (Phi) is 8.69. The smallest absolute Gasteiger partial charge is 0.478 e. The Morgan fingerprint density at radius 3 is 2.12 bits per heavy atom. The molecule has 1 fully saturated rings. The molecule has 178 valence electrons. The van der Waals surface area contributed by atoms with E-state index in [-0.39, 0.29) is 11.3 Å². The highest BCUT2D eigenvalue weighted by Crippen LogP contribution is 2.28. The summed E-state index contributed by atoms with van der Waals surface area (Å²) in [6.45, 7) is 4.05. The molecule has 0 saturated carbocycles. The van der Waals surface area contributed by atoms with Gasteiger partial charge in [0.15, 0.2) is 0 Å². The molecule has 11 heteroatoms. The van der Waals surface area contributed by atoms with E-state index in [0.717, 1.165) is 31.6 Å².